The molecular weight excluding hydrogens is 676 g/mol. The lowest BCUT2D eigenvalue weighted by Crippen LogP contribution is -2.53. The summed E-state index contributed by atoms with van der Waals surface area (Å²) in [6.07, 6.45) is 0.860. The molecule has 0 heterocycles. The van der Waals surface area contributed by atoms with Crippen LogP contribution < -0.4 is 9.62 Å². The minimum atomic E-state index is -4.30. The molecule has 4 rings (SSSR count). The Morgan fingerprint density at radius 3 is 2.07 bits per heavy atom. The van der Waals surface area contributed by atoms with Crippen molar-refractivity contribution in [1.82, 2.24) is 10.2 Å². The Hall–Kier alpha value is -3.27. The minimum Gasteiger partial charge on any atom is -0.354 e. The lowest BCUT2D eigenvalue weighted by atomic mass is 10.0. The van der Waals surface area contributed by atoms with Gasteiger partial charge >= 0.3 is 0 Å². The third-order valence-corrected chi connectivity index (χ3v) is 10.00. The van der Waals surface area contributed by atoms with Crippen LogP contribution in [0.1, 0.15) is 24.5 Å². The molecule has 0 saturated heterocycles. The summed E-state index contributed by atoms with van der Waals surface area (Å²) in [6, 6.07) is 25.2. The zero-order valence-electron chi connectivity index (χ0n) is 24.3. The van der Waals surface area contributed by atoms with Crippen molar-refractivity contribution in [2.24, 2.45) is 0 Å². The molecule has 0 aliphatic carbocycles. The van der Waals surface area contributed by atoms with Gasteiger partial charge in [0.25, 0.3) is 10.0 Å². The Kier molecular flexibility index (Phi) is 12.2. The van der Waals surface area contributed by atoms with E-state index in [2.05, 4.69) is 5.32 Å². The lowest BCUT2D eigenvalue weighted by Gasteiger charge is -2.34. The van der Waals surface area contributed by atoms with Crippen LogP contribution in [0.15, 0.2) is 102 Å². The van der Waals surface area contributed by atoms with Crippen molar-refractivity contribution in [1.29, 1.82) is 0 Å². The molecular formula is C33H31Cl4N3O4S. The zero-order chi connectivity index (χ0) is 32.6. The molecule has 0 aliphatic rings. The number of nitrogens with zero attached hydrogens (tertiary/aromatic N) is 2. The van der Waals surface area contributed by atoms with Crippen molar-refractivity contribution in [2.45, 2.75) is 37.2 Å². The van der Waals surface area contributed by atoms with Gasteiger partial charge in [0.15, 0.2) is 0 Å². The fourth-order valence-electron chi connectivity index (χ4n) is 4.67. The molecule has 12 heteroatoms. The Morgan fingerprint density at radius 2 is 1.44 bits per heavy atom. The predicted octanol–water partition coefficient (Wildman–Crippen LogP) is 7.66. The normalized spacial score (nSPS) is 11.9. The van der Waals surface area contributed by atoms with Crippen LogP contribution >= 0.6 is 46.4 Å². The molecule has 4 aromatic carbocycles. The maximum Gasteiger partial charge on any atom is 0.264 e. The van der Waals surface area contributed by atoms with Crippen LogP contribution in [0.2, 0.25) is 20.1 Å². The van der Waals surface area contributed by atoms with Gasteiger partial charge in [0.05, 0.1) is 25.7 Å². The van der Waals surface area contributed by atoms with Gasteiger partial charge in [-0.25, -0.2) is 8.42 Å². The highest BCUT2D eigenvalue weighted by molar-refractivity contribution is 7.92. The van der Waals surface area contributed by atoms with E-state index in [0.717, 1.165) is 9.87 Å². The maximum absolute atomic E-state index is 14.5. The van der Waals surface area contributed by atoms with Crippen LogP contribution in [0.25, 0.3) is 0 Å². The molecule has 2 amide bonds. The van der Waals surface area contributed by atoms with Gasteiger partial charge in [-0.05, 0) is 60.0 Å². The van der Waals surface area contributed by atoms with Crippen molar-refractivity contribution in [3.8, 4) is 0 Å². The topological polar surface area (TPSA) is 86.8 Å². The highest BCUT2D eigenvalue weighted by Crippen LogP contribution is 2.33. The molecule has 45 heavy (non-hydrogen) atoms. The van der Waals surface area contributed by atoms with Crippen molar-refractivity contribution < 1.29 is 18.0 Å². The second-order valence-corrected chi connectivity index (χ2v) is 13.7. The lowest BCUT2D eigenvalue weighted by molar-refractivity contribution is -0.140. The predicted molar refractivity (Wildman–Crippen MR) is 182 cm³/mol. The van der Waals surface area contributed by atoms with Crippen molar-refractivity contribution >= 4 is 73.9 Å². The van der Waals surface area contributed by atoms with Crippen LogP contribution in [-0.2, 0) is 32.6 Å². The molecule has 7 nitrogen and oxygen atoms in total. The van der Waals surface area contributed by atoms with E-state index in [4.69, 9.17) is 46.4 Å². The second-order valence-electron chi connectivity index (χ2n) is 10.2. The first-order valence-electron chi connectivity index (χ1n) is 14.1. The first-order valence-corrected chi connectivity index (χ1v) is 17.0. The molecule has 1 atom stereocenters. The van der Waals surface area contributed by atoms with E-state index in [9.17, 15) is 18.0 Å². The van der Waals surface area contributed by atoms with Gasteiger partial charge in [0.1, 0.15) is 12.6 Å². The monoisotopic (exact) mass is 705 g/mol. The summed E-state index contributed by atoms with van der Waals surface area (Å²) < 4.78 is 29.1. The standard InChI is InChI=1S/C33H31Cl4N3O4S/c1-2-17-38-33(42)31(19-23-9-5-3-6-10-23)39(21-24-13-15-27(35)28(36)18-24)32(41)22-40(30-16-14-25(34)20-29(30)37)45(43,44)26-11-7-4-8-12-26/h3-16,18,20,31H,2,17,19,21-22H2,1H3,(H,38,42)/t31-/m0/s1. The molecule has 0 aromatic heterocycles. The third-order valence-electron chi connectivity index (χ3n) is 6.95. The molecule has 0 saturated carbocycles. The first kappa shape index (κ1) is 34.6. The number of hydrogen-bond acceptors (Lipinski definition) is 4. The number of hydrogen-bond donors (Lipinski definition) is 1. The summed E-state index contributed by atoms with van der Waals surface area (Å²) in [5.41, 5.74) is 1.47. The molecule has 4 aromatic rings. The molecule has 0 unspecified atom stereocenters. The summed E-state index contributed by atoms with van der Waals surface area (Å²) >= 11 is 25.1. The summed E-state index contributed by atoms with van der Waals surface area (Å²) in [6.45, 7) is 1.60. The first-order chi connectivity index (χ1) is 21.5. The quantitative estimate of drug-likeness (QED) is 0.155. The largest absolute Gasteiger partial charge is 0.354 e. The highest BCUT2D eigenvalue weighted by atomic mass is 35.5. The third kappa shape index (κ3) is 8.93. The average Bonchev–Trinajstić information content (AvgIpc) is 3.03. The fourth-order valence-corrected chi connectivity index (χ4v) is 7.01. The van der Waals surface area contributed by atoms with Gasteiger partial charge in [0, 0.05) is 24.5 Å². The van der Waals surface area contributed by atoms with E-state index < -0.39 is 28.5 Å². The van der Waals surface area contributed by atoms with Crippen LogP contribution in [0, 0.1) is 0 Å². The molecule has 0 radical (unpaired) electrons. The molecule has 0 bridgehead atoms. The Labute approximate surface area is 283 Å². The van der Waals surface area contributed by atoms with E-state index in [1.54, 1.807) is 36.4 Å². The van der Waals surface area contributed by atoms with Crippen LogP contribution in [0.3, 0.4) is 0 Å². The number of carbonyl (C=O) groups is 2. The maximum atomic E-state index is 14.5. The molecule has 236 valence electrons. The Morgan fingerprint density at radius 1 is 0.778 bits per heavy atom. The number of amides is 2. The van der Waals surface area contributed by atoms with Crippen LogP contribution in [0.5, 0.6) is 0 Å². The van der Waals surface area contributed by atoms with Gasteiger partial charge in [0.2, 0.25) is 11.8 Å². The van der Waals surface area contributed by atoms with Gasteiger partial charge in [-0.15, -0.1) is 0 Å². The number of benzene rings is 4. The number of sulfonamides is 1. The average molecular weight is 708 g/mol. The summed E-state index contributed by atoms with van der Waals surface area (Å²) in [5.74, 6) is -1.02. The van der Waals surface area contributed by atoms with Crippen molar-refractivity contribution in [3.05, 3.63) is 128 Å². The summed E-state index contributed by atoms with van der Waals surface area (Å²) in [5, 5.41) is 3.84. The zero-order valence-corrected chi connectivity index (χ0v) is 28.1. The number of nitrogens with one attached hydrogen (secondary N) is 1. The molecule has 1 N–H and O–H groups in total. The van der Waals surface area contributed by atoms with E-state index in [1.807, 2.05) is 37.3 Å². The van der Waals surface area contributed by atoms with Gasteiger partial charge in [-0.2, -0.15) is 0 Å². The van der Waals surface area contributed by atoms with Gasteiger partial charge in [-0.1, -0.05) is 108 Å². The Bertz CT molecular complexity index is 1740. The van der Waals surface area contributed by atoms with Crippen molar-refractivity contribution in [2.75, 3.05) is 17.4 Å². The molecule has 0 spiro atoms. The number of anilines is 1. The minimum absolute atomic E-state index is 0.0346. The second kappa shape index (κ2) is 15.8. The van der Waals surface area contributed by atoms with Gasteiger partial charge in [-0.3, -0.25) is 13.9 Å². The van der Waals surface area contributed by atoms with E-state index in [0.29, 0.717) is 28.6 Å². The van der Waals surface area contributed by atoms with Crippen LogP contribution in [0.4, 0.5) is 5.69 Å². The van der Waals surface area contributed by atoms with Crippen molar-refractivity contribution in [3.63, 3.8) is 0 Å². The van der Waals surface area contributed by atoms with E-state index in [1.165, 1.54) is 35.2 Å². The fraction of sp³-hybridized carbons (Fsp3) is 0.212. The highest BCUT2D eigenvalue weighted by Gasteiger charge is 2.35. The van der Waals surface area contributed by atoms with Crippen LogP contribution in [-0.4, -0.2) is 44.3 Å². The Balaban J connectivity index is 1.82. The van der Waals surface area contributed by atoms with Gasteiger partial charge < -0.3 is 10.2 Å². The smallest absolute Gasteiger partial charge is 0.264 e. The summed E-state index contributed by atoms with van der Waals surface area (Å²) in [4.78, 5) is 29.5. The SMILES string of the molecule is CCCNC(=O)[C@H](Cc1ccccc1)N(Cc1ccc(Cl)c(Cl)c1)C(=O)CN(c1ccc(Cl)cc1Cl)S(=O)(=O)c1ccccc1. The van der Waals surface area contributed by atoms with E-state index >= 15 is 0 Å². The number of halogens is 4. The summed E-state index contributed by atoms with van der Waals surface area (Å²) in [7, 11) is -4.30. The number of carbonyl (C=O) groups excluding carboxylic acids is 2. The number of rotatable bonds is 13. The van der Waals surface area contributed by atoms with E-state index in [-0.39, 0.29) is 39.5 Å². The molecule has 0 fully saturated rings. The molecule has 0 aliphatic heterocycles.